The Balaban J connectivity index is 1.99. The van der Waals surface area contributed by atoms with Crippen LogP contribution in [-0.2, 0) is 6.42 Å². The van der Waals surface area contributed by atoms with Crippen LogP contribution in [0.15, 0.2) is 23.1 Å². The smallest absolute Gasteiger partial charge is 0.248 e. The van der Waals surface area contributed by atoms with E-state index in [2.05, 4.69) is 27.4 Å². The number of nitrogens with zero attached hydrogens (tertiary/aromatic N) is 2. The first-order chi connectivity index (χ1) is 8.79. The van der Waals surface area contributed by atoms with Gasteiger partial charge in [0.05, 0.1) is 0 Å². The van der Waals surface area contributed by atoms with Gasteiger partial charge in [-0.2, -0.15) is 0 Å². The maximum Gasteiger partial charge on any atom is 0.248 e. The van der Waals surface area contributed by atoms with Crippen molar-refractivity contribution in [2.24, 2.45) is 0 Å². The number of nitrogens with one attached hydrogen (secondary N) is 2. The van der Waals surface area contributed by atoms with Crippen molar-refractivity contribution in [1.82, 2.24) is 20.5 Å². The first-order valence-corrected chi connectivity index (χ1v) is 6.83. The lowest BCUT2D eigenvalue weighted by Gasteiger charge is -1.97. The molecule has 0 aliphatic heterocycles. The maximum atomic E-state index is 11.2. The van der Waals surface area contributed by atoms with Crippen molar-refractivity contribution in [2.45, 2.75) is 19.8 Å². The predicted octanol–water partition coefficient (Wildman–Crippen LogP) is 1.44. The van der Waals surface area contributed by atoms with E-state index in [-0.39, 0.29) is 5.56 Å². The van der Waals surface area contributed by atoms with Crippen LogP contribution in [-0.4, -0.2) is 28.3 Å². The second-order valence-electron chi connectivity index (χ2n) is 3.90. The SMILES string of the molecule is CCNCCCc1nnc(-c2cc[nH]c(=O)c2)s1. The average molecular weight is 264 g/mol. The molecule has 0 spiro atoms. The van der Waals surface area contributed by atoms with Gasteiger partial charge < -0.3 is 10.3 Å². The Morgan fingerprint density at radius 3 is 3.11 bits per heavy atom. The molecule has 2 aromatic rings. The fourth-order valence-corrected chi connectivity index (χ4v) is 2.47. The van der Waals surface area contributed by atoms with E-state index in [1.54, 1.807) is 23.6 Å². The lowest BCUT2D eigenvalue weighted by Crippen LogP contribution is -2.14. The van der Waals surface area contributed by atoms with Crippen LogP contribution in [0, 0.1) is 0 Å². The average Bonchev–Trinajstić information content (AvgIpc) is 2.83. The summed E-state index contributed by atoms with van der Waals surface area (Å²) in [4.78, 5) is 13.8. The van der Waals surface area contributed by atoms with Crippen molar-refractivity contribution in [3.63, 3.8) is 0 Å². The molecule has 18 heavy (non-hydrogen) atoms. The summed E-state index contributed by atoms with van der Waals surface area (Å²) < 4.78 is 0. The highest BCUT2D eigenvalue weighted by molar-refractivity contribution is 7.14. The highest BCUT2D eigenvalue weighted by Gasteiger charge is 2.06. The van der Waals surface area contributed by atoms with Crippen LogP contribution in [0.1, 0.15) is 18.4 Å². The van der Waals surface area contributed by atoms with Crippen LogP contribution in [0.25, 0.3) is 10.6 Å². The predicted molar refractivity (Wildman–Crippen MR) is 72.8 cm³/mol. The summed E-state index contributed by atoms with van der Waals surface area (Å²) in [6.07, 6.45) is 3.61. The Bertz CT molecular complexity index is 549. The van der Waals surface area contributed by atoms with E-state index in [0.717, 1.165) is 41.5 Å². The summed E-state index contributed by atoms with van der Waals surface area (Å²) in [7, 11) is 0. The molecule has 6 heteroatoms. The number of rotatable bonds is 6. The molecule has 2 aromatic heterocycles. The summed E-state index contributed by atoms with van der Waals surface area (Å²) in [5, 5.41) is 13.4. The molecule has 0 aliphatic rings. The topological polar surface area (TPSA) is 70.7 Å². The number of H-pyrrole nitrogens is 1. The quantitative estimate of drug-likeness (QED) is 0.774. The van der Waals surface area contributed by atoms with Gasteiger partial charge in [0.15, 0.2) is 0 Å². The highest BCUT2D eigenvalue weighted by atomic mass is 32.1. The third-order valence-corrected chi connectivity index (χ3v) is 3.52. The number of aryl methyl sites for hydroxylation is 1. The summed E-state index contributed by atoms with van der Waals surface area (Å²) in [5.41, 5.74) is 0.713. The molecular weight excluding hydrogens is 248 g/mol. The van der Waals surface area contributed by atoms with Crippen molar-refractivity contribution in [2.75, 3.05) is 13.1 Å². The van der Waals surface area contributed by atoms with Gasteiger partial charge in [0.2, 0.25) is 5.56 Å². The van der Waals surface area contributed by atoms with E-state index in [9.17, 15) is 4.79 Å². The molecule has 0 amide bonds. The molecule has 2 N–H and O–H groups in total. The van der Waals surface area contributed by atoms with Gasteiger partial charge in [-0.1, -0.05) is 18.3 Å². The fraction of sp³-hybridized carbons (Fsp3) is 0.417. The summed E-state index contributed by atoms with van der Waals surface area (Å²) in [6.45, 7) is 4.08. The Morgan fingerprint density at radius 1 is 1.44 bits per heavy atom. The van der Waals surface area contributed by atoms with Gasteiger partial charge in [0.1, 0.15) is 10.0 Å². The zero-order valence-electron chi connectivity index (χ0n) is 10.3. The van der Waals surface area contributed by atoms with Crippen molar-refractivity contribution in [1.29, 1.82) is 0 Å². The van der Waals surface area contributed by atoms with Gasteiger partial charge in [0.25, 0.3) is 0 Å². The van der Waals surface area contributed by atoms with Gasteiger partial charge in [-0.15, -0.1) is 10.2 Å². The number of hydrogen-bond acceptors (Lipinski definition) is 5. The van der Waals surface area contributed by atoms with Gasteiger partial charge in [0, 0.05) is 24.2 Å². The minimum atomic E-state index is -0.114. The zero-order valence-corrected chi connectivity index (χ0v) is 11.1. The molecule has 96 valence electrons. The van der Waals surface area contributed by atoms with Crippen molar-refractivity contribution in [3.8, 4) is 10.6 Å². The third-order valence-electron chi connectivity index (χ3n) is 2.48. The van der Waals surface area contributed by atoms with Crippen LogP contribution in [0.2, 0.25) is 0 Å². The largest absolute Gasteiger partial charge is 0.329 e. The maximum absolute atomic E-state index is 11.2. The van der Waals surface area contributed by atoms with E-state index < -0.39 is 0 Å². The van der Waals surface area contributed by atoms with Crippen LogP contribution in [0.5, 0.6) is 0 Å². The first-order valence-electron chi connectivity index (χ1n) is 6.02. The van der Waals surface area contributed by atoms with E-state index in [4.69, 9.17) is 0 Å². The number of aromatic amines is 1. The lowest BCUT2D eigenvalue weighted by molar-refractivity contribution is 0.669. The molecule has 0 radical (unpaired) electrons. The Kier molecular flexibility index (Phi) is 4.60. The van der Waals surface area contributed by atoms with Crippen molar-refractivity contribution >= 4 is 11.3 Å². The van der Waals surface area contributed by atoms with Crippen LogP contribution in [0.4, 0.5) is 0 Å². The highest BCUT2D eigenvalue weighted by Crippen LogP contribution is 2.22. The molecular formula is C12H16N4OS. The van der Waals surface area contributed by atoms with Crippen molar-refractivity contribution < 1.29 is 0 Å². The molecule has 0 saturated heterocycles. The van der Waals surface area contributed by atoms with Gasteiger partial charge in [-0.25, -0.2) is 0 Å². The third kappa shape index (κ3) is 3.48. The van der Waals surface area contributed by atoms with Crippen molar-refractivity contribution in [3.05, 3.63) is 33.7 Å². The molecule has 2 rings (SSSR count). The number of aromatic nitrogens is 3. The minimum Gasteiger partial charge on any atom is -0.329 e. The van der Waals surface area contributed by atoms with Gasteiger partial charge in [-0.05, 0) is 25.6 Å². The van der Waals surface area contributed by atoms with E-state index in [1.807, 2.05) is 6.07 Å². The monoisotopic (exact) mass is 264 g/mol. The molecule has 2 heterocycles. The molecule has 0 saturated carbocycles. The summed E-state index contributed by atoms with van der Waals surface area (Å²) in [5.74, 6) is 0. The van der Waals surface area contributed by atoms with Crippen LogP contribution >= 0.6 is 11.3 Å². The molecule has 0 aliphatic carbocycles. The summed E-state index contributed by atoms with van der Waals surface area (Å²) >= 11 is 1.55. The van der Waals surface area contributed by atoms with Gasteiger partial charge in [-0.3, -0.25) is 4.79 Å². The summed E-state index contributed by atoms with van der Waals surface area (Å²) in [6, 6.07) is 3.38. The van der Waals surface area contributed by atoms with Crippen LogP contribution in [0.3, 0.4) is 0 Å². The molecule has 0 unspecified atom stereocenters. The standard InChI is InChI=1S/C12H16N4OS/c1-2-13-6-3-4-11-15-16-12(18-11)9-5-7-14-10(17)8-9/h5,7-8,13H,2-4,6H2,1H3,(H,14,17). The Morgan fingerprint density at radius 2 is 2.33 bits per heavy atom. The van der Waals surface area contributed by atoms with Gasteiger partial charge >= 0.3 is 0 Å². The minimum absolute atomic E-state index is 0.114. The number of hydrogen-bond donors (Lipinski definition) is 2. The second-order valence-corrected chi connectivity index (χ2v) is 4.96. The lowest BCUT2D eigenvalue weighted by atomic mass is 10.3. The van der Waals surface area contributed by atoms with E-state index in [1.165, 1.54) is 0 Å². The molecule has 0 atom stereocenters. The normalized spacial score (nSPS) is 10.7. The molecule has 0 bridgehead atoms. The Labute approximate surface area is 109 Å². The molecule has 0 aromatic carbocycles. The van der Waals surface area contributed by atoms with Crippen LogP contribution < -0.4 is 10.9 Å². The van der Waals surface area contributed by atoms with E-state index >= 15 is 0 Å². The number of pyridine rings is 1. The van der Waals surface area contributed by atoms with E-state index in [0.29, 0.717) is 0 Å². The first kappa shape index (κ1) is 12.9. The second kappa shape index (κ2) is 6.42. The molecule has 0 fully saturated rings. The molecule has 5 nitrogen and oxygen atoms in total. The fourth-order valence-electron chi connectivity index (χ4n) is 1.59. The zero-order chi connectivity index (χ0) is 12.8. The Hall–Kier alpha value is -1.53.